The highest BCUT2D eigenvalue weighted by atomic mass is 32.2. The summed E-state index contributed by atoms with van der Waals surface area (Å²) in [6.45, 7) is 0.157. The van der Waals surface area contributed by atoms with Crippen molar-refractivity contribution in [3.8, 4) is 11.5 Å². The zero-order valence-electron chi connectivity index (χ0n) is 17.1. The number of aromatic amines is 1. The van der Waals surface area contributed by atoms with E-state index >= 15 is 0 Å². The molecular weight excluding hydrogens is 414 g/mol. The van der Waals surface area contributed by atoms with Gasteiger partial charge in [-0.15, -0.1) is 0 Å². The third-order valence-corrected chi connectivity index (χ3v) is 6.15. The van der Waals surface area contributed by atoms with Gasteiger partial charge in [-0.1, -0.05) is 0 Å². The summed E-state index contributed by atoms with van der Waals surface area (Å²) in [5.41, 5.74) is -0.418. The molecule has 0 aliphatic rings. The van der Waals surface area contributed by atoms with Crippen LogP contribution in [0.3, 0.4) is 0 Å². The van der Waals surface area contributed by atoms with E-state index in [9.17, 15) is 18.0 Å². The SMILES string of the molecule is COc1ccc(S(=O)(=O)NCCCc2nc3c([nH]2)c(=O)n(C)c(=O)n3C)cc1OC. The standard InChI is InChI=1S/C18H23N5O6S/c1-22-16-15(17(24)23(2)18(22)25)20-14(21-16)6-5-9-19-30(26,27)11-7-8-12(28-3)13(10-11)29-4/h7-8,10,19H,5-6,9H2,1-4H3,(H,20,21). The Labute approximate surface area is 172 Å². The molecule has 162 valence electrons. The smallest absolute Gasteiger partial charge is 0.332 e. The molecule has 2 N–H and O–H groups in total. The summed E-state index contributed by atoms with van der Waals surface area (Å²) in [7, 11) is 2.09. The number of benzene rings is 1. The molecule has 12 heteroatoms. The van der Waals surface area contributed by atoms with Crippen LogP contribution in [-0.4, -0.2) is 48.3 Å². The number of rotatable bonds is 8. The zero-order chi connectivity index (χ0) is 22.1. The number of ether oxygens (including phenoxy) is 2. The van der Waals surface area contributed by atoms with Gasteiger partial charge in [0.2, 0.25) is 10.0 Å². The number of aryl methyl sites for hydroxylation is 2. The summed E-state index contributed by atoms with van der Waals surface area (Å²) < 4.78 is 40.1. The van der Waals surface area contributed by atoms with Crippen LogP contribution in [0.25, 0.3) is 11.2 Å². The van der Waals surface area contributed by atoms with E-state index in [1.165, 1.54) is 51.1 Å². The van der Waals surface area contributed by atoms with Crippen molar-refractivity contribution in [3.05, 3.63) is 44.9 Å². The lowest BCUT2D eigenvalue weighted by Crippen LogP contribution is -2.36. The van der Waals surface area contributed by atoms with E-state index in [-0.39, 0.29) is 22.6 Å². The molecule has 11 nitrogen and oxygen atoms in total. The fourth-order valence-electron chi connectivity index (χ4n) is 3.02. The molecule has 0 bridgehead atoms. The van der Waals surface area contributed by atoms with Crippen LogP contribution in [0.15, 0.2) is 32.7 Å². The van der Waals surface area contributed by atoms with Gasteiger partial charge in [-0.05, 0) is 18.6 Å². The quantitative estimate of drug-likeness (QED) is 0.469. The van der Waals surface area contributed by atoms with Crippen molar-refractivity contribution in [2.24, 2.45) is 14.1 Å². The largest absolute Gasteiger partial charge is 0.493 e. The van der Waals surface area contributed by atoms with Gasteiger partial charge in [0.1, 0.15) is 11.3 Å². The predicted octanol–water partition coefficient (Wildman–Crippen LogP) is -0.111. The van der Waals surface area contributed by atoms with Crippen LogP contribution in [-0.2, 0) is 30.5 Å². The van der Waals surface area contributed by atoms with Crippen LogP contribution < -0.4 is 25.4 Å². The van der Waals surface area contributed by atoms with Crippen LogP contribution in [0, 0.1) is 0 Å². The second-order valence-corrected chi connectivity index (χ2v) is 8.37. The lowest BCUT2D eigenvalue weighted by atomic mass is 10.3. The molecule has 0 fully saturated rings. The minimum atomic E-state index is -3.74. The van der Waals surface area contributed by atoms with Crippen molar-refractivity contribution >= 4 is 21.2 Å². The van der Waals surface area contributed by atoms with Crippen LogP contribution in [0.4, 0.5) is 0 Å². The Morgan fingerprint density at radius 2 is 1.80 bits per heavy atom. The number of hydrogen-bond acceptors (Lipinski definition) is 7. The predicted molar refractivity (Wildman–Crippen MR) is 110 cm³/mol. The molecule has 0 radical (unpaired) electrons. The van der Waals surface area contributed by atoms with Gasteiger partial charge in [-0.3, -0.25) is 13.9 Å². The van der Waals surface area contributed by atoms with Gasteiger partial charge in [0.25, 0.3) is 5.56 Å². The van der Waals surface area contributed by atoms with Crippen LogP contribution in [0.5, 0.6) is 11.5 Å². The average Bonchev–Trinajstić information content (AvgIpc) is 3.17. The minimum Gasteiger partial charge on any atom is -0.493 e. The van der Waals surface area contributed by atoms with E-state index < -0.39 is 21.3 Å². The van der Waals surface area contributed by atoms with E-state index in [1.54, 1.807) is 0 Å². The molecule has 0 unspecified atom stereocenters. The summed E-state index contributed by atoms with van der Waals surface area (Å²) in [5.74, 6) is 1.24. The highest BCUT2D eigenvalue weighted by Gasteiger charge is 2.17. The number of methoxy groups -OCH3 is 2. The molecule has 3 rings (SSSR count). The molecule has 0 aliphatic carbocycles. The summed E-state index contributed by atoms with van der Waals surface area (Å²) in [5, 5.41) is 0. The van der Waals surface area contributed by atoms with Crippen molar-refractivity contribution < 1.29 is 17.9 Å². The lowest BCUT2D eigenvalue weighted by molar-refractivity contribution is 0.354. The molecule has 2 heterocycles. The van der Waals surface area contributed by atoms with Crippen molar-refractivity contribution in [3.63, 3.8) is 0 Å². The van der Waals surface area contributed by atoms with Crippen LogP contribution in [0.2, 0.25) is 0 Å². The topological polar surface area (TPSA) is 137 Å². The minimum absolute atomic E-state index is 0.0578. The maximum atomic E-state index is 12.5. The maximum absolute atomic E-state index is 12.5. The summed E-state index contributed by atoms with van der Waals surface area (Å²) in [4.78, 5) is 31.5. The molecule has 0 amide bonds. The number of nitrogens with one attached hydrogen (secondary N) is 2. The first kappa shape index (κ1) is 21.6. The van der Waals surface area contributed by atoms with E-state index in [4.69, 9.17) is 9.47 Å². The molecule has 1 aromatic carbocycles. The Kier molecular flexibility index (Phi) is 5.99. The van der Waals surface area contributed by atoms with Gasteiger partial charge >= 0.3 is 5.69 Å². The molecule has 0 spiro atoms. The molecule has 3 aromatic rings. The number of nitrogens with zero attached hydrogens (tertiary/aromatic N) is 3. The van der Waals surface area contributed by atoms with Gasteiger partial charge in [-0.2, -0.15) is 0 Å². The Balaban J connectivity index is 1.69. The second kappa shape index (κ2) is 8.32. The van der Waals surface area contributed by atoms with E-state index in [1.807, 2.05) is 0 Å². The average molecular weight is 437 g/mol. The van der Waals surface area contributed by atoms with E-state index in [0.29, 0.717) is 30.2 Å². The monoisotopic (exact) mass is 437 g/mol. The Morgan fingerprint density at radius 1 is 1.10 bits per heavy atom. The third-order valence-electron chi connectivity index (χ3n) is 4.69. The van der Waals surface area contributed by atoms with Crippen molar-refractivity contribution in [1.82, 2.24) is 23.8 Å². The van der Waals surface area contributed by atoms with Gasteiger partial charge in [0.05, 0.1) is 19.1 Å². The third kappa shape index (κ3) is 3.96. The fourth-order valence-corrected chi connectivity index (χ4v) is 4.11. The van der Waals surface area contributed by atoms with Crippen molar-refractivity contribution in [2.75, 3.05) is 20.8 Å². The lowest BCUT2D eigenvalue weighted by Gasteiger charge is -2.10. The Bertz CT molecular complexity index is 1310. The highest BCUT2D eigenvalue weighted by Crippen LogP contribution is 2.29. The normalized spacial score (nSPS) is 11.7. The van der Waals surface area contributed by atoms with Crippen molar-refractivity contribution in [2.45, 2.75) is 17.7 Å². The highest BCUT2D eigenvalue weighted by molar-refractivity contribution is 7.89. The number of imidazole rings is 1. The van der Waals surface area contributed by atoms with Crippen LogP contribution >= 0.6 is 0 Å². The number of fused-ring (bicyclic) bond motifs is 1. The molecular formula is C18H23N5O6S. The summed E-state index contributed by atoms with van der Waals surface area (Å²) in [6, 6.07) is 4.34. The fraction of sp³-hybridized carbons (Fsp3) is 0.389. The Morgan fingerprint density at radius 3 is 2.47 bits per heavy atom. The summed E-state index contributed by atoms with van der Waals surface area (Å²) in [6.07, 6.45) is 0.821. The zero-order valence-corrected chi connectivity index (χ0v) is 17.9. The molecule has 2 aromatic heterocycles. The number of H-pyrrole nitrogens is 1. The first-order chi connectivity index (χ1) is 14.2. The molecule has 30 heavy (non-hydrogen) atoms. The first-order valence-corrected chi connectivity index (χ1v) is 10.5. The molecule has 0 saturated heterocycles. The van der Waals surface area contributed by atoms with Gasteiger partial charge in [0.15, 0.2) is 17.1 Å². The molecule has 0 saturated carbocycles. The Hall–Kier alpha value is -3.12. The maximum Gasteiger partial charge on any atom is 0.332 e. The number of sulfonamides is 1. The van der Waals surface area contributed by atoms with Crippen molar-refractivity contribution in [1.29, 1.82) is 0 Å². The second-order valence-electron chi connectivity index (χ2n) is 6.61. The van der Waals surface area contributed by atoms with E-state index in [2.05, 4.69) is 14.7 Å². The number of aromatic nitrogens is 4. The van der Waals surface area contributed by atoms with Crippen LogP contribution in [0.1, 0.15) is 12.2 Å². The van der Waals surface area contributed by atoms with Gasteiger partial charge < -0.3 is 14.5 Å². The van der Waals surface area contributed by atoms with E-state index in [0.717, 1.165) is 4.57 Å². The first-order valence-electron chi connectivity index (χ1n) is 9.06. The van der Waals surface area contributed by atoms with Gasteiger partial charge in [0, 0.05) is 33.1 Å². The summed E-state index contributed by atoms with van der Waals surface area (Å²) >= 11 is 0. The molecule has 0 atom stereocenters. The van der Waals surface area contributed by atoms with Gasteiger partial charge in [-0.25, -0.2) is 22.9 Å². The molecule has 0 aliphatic heterocycles. The number of hydrogen-bond donors (Lipinski definition) is 2.